The van der Waals surface area contributed by atoms with E-state index in [4.69, 9.17) is 0 Å². The molecule has 3 rings (SSSR count). The molecule has 0 saturated carbocycles. The Morgan fingerprint density at radius 2 is 1.59 bits per heavy atom. The molecular formula is C24H23F3O2. The van der Waals surface area contributed by atoms with Crippen LogP contribution in [0, 0.1) is 17.5 Å². The lowest BCUT2D eigenvalue weighted by Gasteiger charge is -2.13. The molecule has 152 valence electrons. The molecule has 5 heteroatoms. The number of phenols is 1. The highest BCUT2D eigenvalue weighted by Crippen LogP contribution is 2.28. The molecule has 3 aromatic carbocycles. The van der Waals surface area contributed by atoms with Gasteiger partial charge in [0, 0.05) is 17.2 Å². The fraction of sp³-hybridized carbons (Fsp3) is 0.250. The van der Waals surface area contributed by atoms with Crippen molar-refractivity contribution in [1.82, 2.24) is 0 Å². The van der Waals surface area contributed by atoms with Gasteiger partial charge in [0.2, 0.25) is 0 Å². The van der Waals surface area contributed by atoms with Crippen molar-refractivity contribution in [3.8, 4) is 16.9 Å². The summed E-state index contributed by atoms with van der Waals surface area (Å²) in [6.07, 6.45) is 0.847. The van der Waals surface area contributed by atoms with Gasteiger partial charge in [-0.1, -0.05) is 49.7 Å². The van der Waals surface area contributed by atoms with Crippen LogP contribution in [-0.2, 0) is 12.8 Å². The zero-order chi connectivity index (χ0) is 21.0. The average Bonchev–Trinajstić information content (AvgIpc) is 2.70. The number of hydrogen-bond acceptors (Lipinski definition) is 2. The Hall–Kier alpha value is -2.79. The van der Waals surface area contributed by atoms with E-state index in [2.05, 4.69) is 0 Å². The molecule has 0 aromatic heterocycles. The second-order valence-electron chi connectivity index (χ2n) is 7.11. The van der Waals surface area contributed by atoms with E-state index in [1.807, 2.05) is 19.1 Å². The maximum absolute atomic E-state index is 14.4. The van der Waals surface area contributed by atoms with Gasteiger partial charge in [-0.15, -0.1) is 0 Å². The van der Waals surface area contributed by atoms with Gasteiger partial charge < -0.3 is 10.2 Å². The highest BCUT2D eigenvalue weighted by atomic mass is 19.2. The maximum atomic E-state index is 14.4. The van der Waals surface area contributed by atoms with Crippen LogP contribution in [0.2, 0.25) is 0 Å². The minimum absolute atomic E-state index is 0.00613. The molecule has 0 saturated heterocycles. The van der Waals surface area contributed by atoms with Crippen molar-refractivity contribution in [2.75, 3.05) is 0 Å². The number of hydrogen-bond donors (Lipinski definition) is 2. The van der Waals surface area contributed by atoms with E-state index in [9.17, 15) is 23.4 Å². The average molecular weight is 400 g/mol. The largest absolute Gasteiger partial charge is 0.508 e. The van der Waals surface area contributed by atoms with Crippen molar-refractivity contribution >= 4 is 0 Å². The highest BCUT2D eigenvalue weighted by molar-refractivity contribution is 5.65. The third-order valence-electron chi connectivity index (χ3n) is 5.01. The number of aliphatic hydroxyl groups excluding tert-OH is 1. The molecule has 1 unspecified atom stereocenters. The summed E-state index contributed by atoms with van der Waals surface area (Å²) < 4.78 is 42.6. The van der Waals surface area contributed by atoms with Gasteiger partial charge in [0.1, 0.15) is 11.6 Å². The molecular weight excluding hydrogens is 377 g/mol. The Morgan fingerprint density at radius 3 is 2.24 bits per heavy atom. The van der Waals surface area contributed by atoms with E-state index in [1.54, 1.807) is 12.1 Å². The van der Waals surface area contributed by atoms with Gasteiger partial charge >= 0.3 is 0 Å². The van der Waals surface area contributed by atoms with Gasteiger partial charge in [0.15, 0.2) is 11.6 Å². The number of benzene rings is 3. The maximum Gasteiger partial charge on any atom is 0.164 e. The minimum Gasteiger partial charge on any atom is -0.508 e. The number of aliphatic hydroxyl groups is 1. The van der Waals surface area contributed by atoms with Crippen molar-refractivity contribution < 1.29 is 23.4 Å². The lowest BCUT2D eigenvalue weighted by molar-refractivity contribution is 0.160. The number of rotatable bonds is 7. The Labute approximate surface area is 168 Å². The van der Waals surface area contributed by atoms with Crippen LogP contribution in [0.25, 0.3) is 11.1 Å². The molecule has 0 bridgehead atoms. The normalized spacial score (nSPS) is 12.2. The molecule has 0 amide bonds. The summed E-state index contributed by atoms with van der Waals surface area (Å²) in [5.74, 6) is -2.55. The Bertz CT molecular complexity index is 984. The van der Waals surface area contributed by atoms with Crippen LogP contribution in [0.5, 0.6) is 5.75 Å². The first-order valence-electron chi connectivity index (χ1n) is 9.63. The van der Waals surface area contributed by atoms with Crippen LogP contribution in [0.15, 0.2) is 54.6 Å². The predicted octanol–water partition coefficient (Wildman–Crippen LogP) is 6.10. The van der Waals surface area contributed by atoms with Crippen molar-refractivity contribution in [2.45, 2.75) is 38.7 Å². The van der Waals surface area contributed by atoms with Crippen LogP contribution >= 0.6 is 0 Å². The predicted molar refractivity (Wildman–Crippen MR) is 107 cm³/mol. The van der Waals surface area contributed by atoms with E-state index in [0.717, 1.165) is 11.6 Å². The second-order valence-corrected chi connectivity index (χ2v) is 7.11. The molecule has 2 nitrogen and oxygen atoms in total. The lowest BCUT2D eigenvalue weighted by atomic mass is 9.97. The molecule has 29 heavy (non-hydrogen) atoms. The van der Waals surface area contributed by atoms with Crippen molar-refractivity contribution in [3.05, 3.63) is 88.7 Å². The second kappa shape index (κ2) is 9.14. The van der Waals surface area contributed by atoms with Crippen molar-refractivity contribution in [3.63, 3.8) is 0 Å². The fourth-order valence-electron chi connectivity index (χ4n) is 3.35. The van der Waals surface area contributed by atoms with E-state index >= 15 is 0 Å². The quantitative estimate of drug-likeness (QED) is 0.503. The fourth-order valence-corrected chi connectivity index (χ4v) is 3.35. The van der Waals surface area contributed by atoms with Gasteiger partial charge in [-0.2, -0.15) is 0 Å². The van der Waals surface area contributed by atoms with Crippen LogP contribution in [0.1, 0.15) is 42.6 Å². The van der Waals surface area contributed by atoms with Crippen LogP contribution in [0.4, 0.5) is 13.2 Å². The monoisotopic (exact) mass is 400 g/mol. The molecule has 0 spiro atoms. The molecule has 0 aliphatic rings. The summed E-state index contributed by atoms with van der Waals surface area (Å²) in [7, 11) is 0. The SMILES string of the molecule is CCCC(O)c1ccc(CCc2ccc(-c3ccc(O)cc3F)cc2)c(F)c1F. The minimum atomic E-state index is -1.00. The van der Waals surface area contributed by atoms with Gasteiger partial charge in [0.25, 0.3) is 0 Å². The van der Waals surface area contributed by atoms with Crippen LogP contribution < -0.4 is 0 Å². The Kier molecular flexibility index (Phi) is 6.60. The van der Waals surface area contributed by atoms with Crippen LogP contribution in [0.3, 0.4) is 0 Å². The zero-order valence-corrected chi connectivity index (χ0v) is 16.1. The Morgan fingerprint density at radius 1 is 0.862 bits per heavy atom. The first-order chi connectivity index (χ1) is 13.9. The van der Waals surface area contributed by atoms with E-state index in [1.165, 1.54) is 24.3 Å². The molecule has 0 aliphatic carbocycles. The van der Waals surface area contributed by atoms with Crippen LogP contribution in [-0.4, -0.2) is 10.2 Å². The smallest absolute Gasteiger partial charge is 0.164 e. The molecule has 0 fully saturated rings. The summed E-state index contributed by atoms with van der Waals surface area (Å²) in [5.41, 5.74) is 2.20. The van der Waals surface area contributed by atoms with Gasteiger partial charge in [-0.3, -0.25) is 0 Å². The zero-order valence-electron chi connectivity index (χ0n) is 16.1. The molecule has 0 radical (unpaired) electrons. The molecule has 3 aromatic rings. The standard InChI is InChI=1S/C24H23F3O2/c1-2-3-22(29)20-12-10-17(23(26)24(20)27)9-6-15-4-7-16(8-5-15)19-13-11-18(28)14-21(19)25/h4-5,7-8,10-14,22,28-29H,2-3,6,9H2,1H3. The first kappa shape index (κ1) is 20.9. The summed E-state index contributed by atoms with van der Waals surface area (Å²) in [6.45, 7) is 1.87. The molecule has 2 N–H and O–H groups in total. The van der Waals surface area contributed by atoms with Gasteiger partial charge in [0.05, 0.1) is 6.10 Å². The summed E-state index contributed by atoms with van der Waals surface area (Å²) in [5, 5.41) is 19.2. The number of halogens is 3. The summed E-state index contributed by atoms with van der Waals surface area (Å²) >= 11 is 0. The summed E-state index contributed by atoms with van der Waals surface area (Å²) in [6, 6.07) is 14.1. The highest BCUT2D eigenvalue weighted by Gasteiger charge is 2.18. The topological polar surface area (TPSA) is 40.5 Å². The van der Waals surface area contributed by atoms with Crippen molar-refractivity contribution in [2.24, 2.45) is 0 Å². The van der Waals surface area contributed by atoms with Crippen molar-refractivity contribution in [1.29, 1.82) is 0 Å². The number of aryl methyl sites for hydroxylation is 2. The number of aromatic hydroxyl groups is 1. The van der Waals surface area contributed by atoms with Gasteiger partial charge in [-0.05, 0) is 48.1 Å². The lowest BCUT2D eigenvalue weighted by Crippen LogP contribution is -2.06. The first-order valence-corrected chi connectivity index (χ1v) is 9.63. The molecule has 1 atom stereocenters. The van der Waals surface area contributed by atoms with E-state index in [0.29, 0.717) is 36.8 Å². The van der Waals surface area contributed by atoms with E-state index < -0.39 is 23.6 Å². The number of phenolic OH excluding ortho intramolecular Hbond substituents is 1. The summed E-state index contributed by atoms with van der Waals surface area (Å²) in [4.78, 5) is 0. The van der Waals surface area contributed by atoms with Gasteiger partial charge in [-0.25, -0.2) is 13.2 Å². The molecule has 0 heterocycles. The third-order valence-corrected chi connectivity index (χ3v) is 5.01. The Balaban J connectivity index is 1.71. The van der Waals surface area contributed by atoms with E-state index in [-0.39, 0.29) is 16.9 Å². The third kappa shape index (κ3) is 4.80. The molecule has 0 aliphatic heterocycles.